The molecule has 0 unspecified atom stereocenters. The summed E-state index contributed by atoms with van der Waals surface area (Å²) < 4.78 is 5.25. The van der Waals surface area contributed by atoms with Crippen molar-refractivity contribution in [1.29, 1.82) is 0 Å². The minimum atomic E-state index is -0.0550. The van der Waals surface area contributed by atoms with Crippen LogP contribution in [0.25, 0.3) is 10.6 Å². The molecule has 1 aliphatic heterocycles. The number of piperazine rings is 1. The third-order valence-electron chi connectivity index (χ3n) is 3.26. The zero-order chi connectivity index (χ0) is 13.2. The van der Waals surface area contributed by atoms with E-state index in [0.29, 0.717) is 18.0 Å². The van der Waals surface area contributed by atoms with Gasteiger partial charge in [-0.25, -0.2) is 0 Å². The van der Waals surface area contributed by atoms with Crippen LogP contribution >= 0.6 is 23.7 Å². The number of hydrogen-bond acceptors (Lipinski definition) is 5. The van der Waals surface area contributed by atoms with Gasteiger partial charge in [0.2, 0.25) is 0 Å². The molecule has 1 N–H and O–H groups in total. The Labute approximate surface area is 127 Å². The van der Waals surface area contributed by atoms with E-state index in [4.69, 9.17) is 4.52 Å². The molecule has 20 heavy (non-hydrogen) atoms. The Morgan fingerprint density at radius 1 is 1.60 bits per heavy atom. The zero-order valence-electron chi connectivity index (χ0n) is 11.0. The molecule has 2 aromatic heterocycles. The summed E-state index contributed by atoms with van der Waals surface area (Å²) in [7, 11) is 0. The molecule has 5 nitrogen and oxygen atoms in total. The molecule has 3 rings (SSSR count). The Balaban J connectivity index is 0.00000147. The van der Waals surface area contributed by atoms with E-state index in [1.54, 1.807) is 17.4 Å². The van der Waals surface area contributed by atoms with Gasteiger partial charge in [0.1, 0.15) is 0 Å². The van der Waals surface area contributed by atoms with Crippen molar-refractivity contribution in [3.8, 4) is 10.6 Å². The molecule has 0 radical (unpaired) electrons. The smallest absolute Gasteiger partial charge is 0.276 e. The standard InChI is InChI=1S/C13H15N3O2S.ClH/c1-9-8-14-4-5-16(9)13(17)10-7-11(18-15-10)12-3-2-6-19-12;/h2-3,6-7,9,14H,4-5,8H2,1H3;1H/t9-;/m1./s1. The van der Waals surface area contributed by atoms with Gasteiger partial charge in [-0.15, -0.1) is 23.7 Å². The summed E-state index contributed by atoms with van der Waals surface area (Å²) in [5.41, 5.74) is 0.386. The van der Waals surface area contributed by atoms with Gasteiger partial charge >= 0.3 is 0 Å². The third kappa shape index (κ3) is 2.87. The molecule has 7 heteroatoms. The molecule has 1 atom stereocenters. The minimum Gasteiger partial charge on any atom is -0.355 e. The molecule has 108 valence electrons. The van der Waals surface area contributed by atoms with Gasteiger partial charge < -0.3 is 14.7 Å². The van der Waals surface area contributed by atoms with Crippen LogP contribution in [0.4, 0.5) is 0 Å². The summed E-state index contributed by atoms with van der Waals surface area (Å²) in [6, 6.07) is 5.81. The molecule has 0 aromatic carbocycles. The first-order valence-corrected chi connectivity index (χ1v) is 7.16. The summed E-state index contributed by atoms with van der Waals surface area (Å²) in [6.07, 6.45) is 0. The van der Waals surface area contributed by atoms with Crippen LogP contribution in [0.2, 0.25) is 0 Å². The summed E-state index contributed by atoms with van der Waals surface area (Å²) in [5.74, 6) is 0.599. The fraction of sp³-hybridized carbons (Fsp3) is 0.385. The van der Waals surface area contributed by atoms with Gasteiger partial charge in [-0.3, -0.25) is 4.79 Å². The van der Waals surface area contributed by atoms with Crippen molar-refractivity contribution < 1.29 is 9.32 Å². The Kier molecular flexibility index (Phi) is 4.80. The van der Waals surface area contributed by atoms with Crippen molar-refractivity contribution in [3.05, 3.63) is 29.3 Å². The number of rotatable bonds is 2. The number of amides is 1. The number of hydrogen-bond donors (Lipinski definition) is 1. The maximum atomic E-state index is 12.4. The van der Waals surface area contributed by atoms with E-state index in [0.717, 1.165) is 18.0 Å². The lowest BCUT2D eigenvalue weighted by atomic mass is 10.2. The molecule has 2 aromatic rings. The predicted octanol–water partition coefficient (Wildman–Crippen LogP) is 2.26. The zero-order valence-corrected chi connectivity index (χ0v) is 12.7. The van der Waals surface area contributed by atoms with E-state index in [9.17, 15) is 4.79 Å². The van der Waals surface area contributed by atoms with E-state index >= 15 is 0 Å². The fourth-order valence-electron chi connectivity index (χ4n) is 2.20. The highest BCUT2D eigenvalue weighted by Gasteiger charge is 2.26. The second kappa shape index (κ2) is 6.39. The number of carbonyl (C=O) groups is 1. The van der Waals surface area contributed by atoms with Gasteiger partial charge in [0, 0.05) is 31.7 Å². The lowest BCUT2D eigenvalue weighted by molar-refractivity contribution is 0.0645. The van der Waals surface area contributed by atoms with Crippen molar-refractivity contribution in [2.45, 2.75) is 13.0 Å². The van der Waals surface area contributed by atoms with Gasteiger partial charge in [0.15, 0.2) is 11.5 Å². The van der Waals surface area contributed by atoms with Crippen LogP contribution in [-0.4, -0.2) is 41.6 Å². The normalized spacial score (nSPS) is 18.6. The van der Waals surface area contributed by atoms with Gasteiger partial charge in [0.05, 0.1) is 4.88 Å². The highest BCUT2D eigenvalue weighted by Crippen LogP contribution is 2.25. The number of aromatic nitrogens is 1. The van der Waals surface area contributed by atoms with Crippen LogP contribution in [-0.2, 0) is 0 Å². The van der Waals surface area contributed by atoms with Crippen molar-refractivity contribution in [1.82, 2.24) is 15.4 Å². The largest absolute Gasteiger partial charge is 0.355 e. The van der Waals surface area contributed by atoms with Crippen molar-refractivity contribution in [2.24, 2.45) is 0 Å². The molecule has 1 fully saturated rings. The van der Waals surface area contributed by atoms with E-state index in [2.05, 4.69) is 10.5 Å². The summed E-state index contributed by atoms with van der Waals surface area (Å²) in [5, 5.41) is 9.13. The quantitative estimate of drug-likeness (QED) is 0.924. The highest BCUT2D eigenvalue weighted by atomic mass is 35.5. The molecule has 0 spiro atoms. The summed E-state index contributed by atoms with van der Waals surface area (Å²) in [6.45, 7) is 4.39. The summed E-state index contributed by atoms with van der Waals surface area (Å²) in [4.78, 5) is 15.2. The van der Waals surface area contributed by atoms with E-state index in [1.807, 2.05) is 29.3 Å². The van der Waals surface area contributed by atoms with Gasteiger partial charge in [0.25, 0.3) is 5.91 Å². The van der Waals surface area contributed by atoms with Gasteiger partial charge in [-0.05, 0) is 18.4 Å². The average Bonchev–Trinajstić information content (AvgIpc) is 3.09. The second-order valence-electron chi connectivity index (χ2n) is 4.61. The fourth-order valence-corrected chi connectivity index (χ4v) is 2.87. The van der Waals surface area contributed by atoms with Crippen LogP contribution in [0.3, 0.4) is 0 Å². The minimum absolute atomic E-state index is 0. The Hall–Kier alpha value is -1.37. The van der Waals surface area contributed by atoms with Gasteiger partial charge in [-0.2, -0.15) is 0 Å². The van der Waals surface area contributed by atoms with Crippen molar-refractivity contribution >= 4 is 29.7 Å². The van der Waals surface area contributed by atoms with E-state index < -0.39 is 0 Å². The molecule has 3 heterocycles. The highest BCUT2D eigenvalue weighted by molar-refractivity contribution is 7.13. The number of nitrogens with zero attached hydrogens (tertiary/aromatic N) is 2. The lowest BCUT2D eigenvalue weighted by Crippen LogP contribution is -2.52. The maximum absolute atomic E-state index is 12.4. The number of halogens is 1. The first kappa shape index (κ1) is 15.0. The van der Waals surface area contributed by atoms with Crippen molar-refractivity contribution in [2.75, 3.05) is 19.6 Å². The Morgan fingerprint density at radius 3 is 3.15 bits per heavy atom. The van der Waals surface area contributed by atoms with Gasteiger partial charge in [-0.1, -0.05) is 11.2 Å². The first-order valence-electron chi connectivity index (χ1n) is 6.28. The lowest BCUT2D eigenvalue weighted by Gasteiger charge is -2.33. The second-order valence-corrected chi connectivity index (χ2v) is 5.55. The predicted molar refractivity (Wildman–Crippen MR) is 80.4 cm³/mol. The SMILES string of the molecule is C[C@@H]1CNCCN1C(=O)c1cc(-c2cccs2)on1.Cl. The molecule has 0 bridgehead atoms. The average molecular weight is 314 g/mol. The van der Waals surface area contributed by atoms with Crippen LogP contribution in [0.5, 0.6) is 0 Å². The van der Waals surface area contributed by atoms with Crippen LogP contribution in [0.15, 0.2) is 28.1 Å². The third-order valence-corrected chi connectivity index (χ3v) is 4.14. The summed E-state index contributed by atoms with van der Waals surface area (Å²) >= 11 is 1.57. The van der Waals surface area contributed by atoms with Crippen molar-refractivity contribution in [3.63, 3.8) is 0 Å². The Morgan fingerprint density at radius 2 is 2.45 bits per heavy atom. The molecule has 1 aliphatic rings. The molecular weight excluding hydrogens is 298 g/mol. The van der Waals surface area contributed by atoms with E-state index in [1.165, 1.54) is 0 Å². The molecule has 0 aliphatic carbocycles. The molecule has 0 saturated carbocycles. The van der Waals surface area contributed by atoms with E-state index in [-0.39, 0.29) is 24.4 Å². The van der Waals surface area contributed by atoms with Crippen LogP contribution in [0.1, 0.15) is 17.4 Å². The molecule has 1 saturated heterocycles. The topological polar surface area (TPSA) is 58.4 Å². The monoisotopic (exact) mass is 313 g/mol. The number of nitrogens with one attached hydrogen (secondary N) is 1. The number of thiophene rings is 1. The van der Waals surface area contributed by atoms with Crippen LogP contribution in [0, 0.1) is 0 Å². The first-order chi connectivity index (χ1) is 9.25. The van der Waals surface area contributed by atoms with Crippen LogP contribution < -0.4 is 5.32 Å². The molecule has 1 amide bonds. The molecular formula is C13H16ClN3O2S. The maximum Gasteiger partial charge on any atom is 0.276 e. The Bertz CT molecular complexity index is 570. The number of carbonyl (C=O) groups excluding carboxylic acids is 1.